The number of benzene rings is 2. The van der Waals surface area contributed by atoms with Crippen LogP contribution in [0, 0.1) is 11.3 Å². The van der Waals surface area contributed by atoms with Gasteiger partial charge in [-0.1, -0.05) is 36.4 Å². The number of ether oxygens (including phenoxy) is 1. The summed E-state index contributed by atoms with van der Waals surface area (Å²) in [6, 6.07) is 16.7. The van der Waals surface area contributed by atoms with Gasteiger partial charge in [0.25, 0.3) is 0 Å². The van der Waals surface area contributed by atoms with Crippen LogP contribution in [0.4, 0.5) is 0 Å². The number of carbonyl (C=O) groups excluding carboxylic acids is 2. The molecule has 0 aliphatic carbocycles. The minimum absolute atomic E-state index is 0.0359. The Hall–Kier alpha value is -2.97. The van der Waals surface area contributed by atoms with E-state index in [4.69, 9.17) is 5.26 Å². The fourth-order valence-electron chi connectivity index (χ4n) is 2.18. The standard InChI is InChI=1S/C19H18N2O3/c1-24-19(23)10-11-21-13-18(22)17-8-6-16(7-9-17)15-4-2-14(12-20)3-5-15/h2-9,21H,10-11,13H2,1H3. The highest BCUT2D eigenvalue weighted by atomic mass is 16.5. The maximum Gasteiger partial charge on any atom is 0.306 e. The van der Waals surface area contributed by atoms with Gasteiger partial charge < -0.3 is 10.1 Å². The minimum Gasteiger partial charge on any atom is -0.469 e. The van der Waals surface area contributed by atoms with Crippen LogP contribution in [0.15, 0.2) is 48.5 Å². The molecule has 2 rings (SSSR count). The summed E-state index contributed by atoms with van der Waals surface area (Å²) in [6.45, 7) is 0.578. The van der Waals surface area contributed by atoms with E-state index in [1.807, 2.05) is 24.3 Å². The maximum absolute atomic E-state index is 12.1. The number of hydrogen-bond acceptors (Lipinski definition) is 5. The molecule has 0 saturated heterocycles. The lowest BCUT2D eigenvalue weighted by Crippen LogP contribution is -2.25. The number of esters is 1. The van der Waals surface area contributed by atoms with Crippen LogP contribution < -0.4 is 5.32 Å². The first-order valence-corrected chi connectivity index (χ1v) is 7.55. The number of carbonyl (C=O) groups is 2. The van der Waals surface area contributed by atoms with Crippen molar-refractivity contribution in [2.45, 2.75) is 6.42 Å². The second kappa shape index (κ2) is 8.61. The van der Waals surface area contributed by atoms with Gasteiger partial charge in [-0.25, -0.2) is 0 Å². The summed E-state index contributed by atoms with van der Waals surface area (Å²) >= 11 is 0. The van der Waals surface area contributed by atoms with E-state index in [1.54, 1.807) is 24.3 Å². The predicted octanol–water partition coefficient (Wildman–Crippen LogP) is 2.56. The third-order valence-electron chi connectivity index (χ3n) is 3.57. The van der Waals surface area contributed by atoms with Crippen molar-refractivity contribution in [2.24, 2.45) is 0 Å². The molecule has 5 nitrogen and oxygen atoms in total. The second-order valence-corrected chi connectivity index (χ2v) is 5.19. The monoisotopic (exact) mass is 322 g/mol. The average Bonchev–Trinajstić information content (AvgIpc) is 2.65. The molecule has 0 amide bonds. The first kappa shape index (κ1) is 17.4. The van der Waals surface area contributed by atoms with Gasteiger partial charge in [0.05, 0.1) is 31.7 Å². The molecule has 0 bridgehead atoms. The van der Waals surface area contributed by atoms with Crippen LogP contribution in [-0.4, -0.2) is 32.0 Å². The molecule has 0 atom stereocenters. The second-order valence-electron chi connectivity index (χ2n) is 5.19. The third kappa shape index (κ3) is 4.77. The van der Waals surface area contributed by atoms with Gasteiger partial charge in [-0.3, -0.25) is 9.59 Å². The Kier molecular flexibility index (Phi) is 6.23. The topological polar surface area (TPSA) is 79.2 Å². The van der Waals surface area contributed by atoms with Crippen molar-refractivity contribution in [3.63, 3.8) is 0 Å². The van der Waals surface area contributed by atoms with Crippen LogP contribution in [0.5, 0.6) is 0 Å². The zero-order chi connectivity index (χ0) is 17.4. The molecule has 2 aromatic carbocycles. The van der Waals surface area contributed by atoms with Crippen molar-refractivity contribution >= 4 is 11.8 Å². The average molecular weight is 322 g/mol. The molecule has 0 radical (unpaired) electrons. The number of nitriles is 1. The van der Waals surface area contributed by atoms with Crippen LogP contribution in [0.3, 0.4) is 0 Å². The first-order chi connectivity index (χ1) is 11.6. The van der Waals surface area contributed by atoms with Crippen molar-refractivity contribution in [3.8, 4) is 17.2 Å². The van der Waals surface area contributed by atoms with Gasteiger partial charge in [0.2, 0.25) is 0 Å². The summed E-state index contributed by atoms with van der Waals surface area (Å²) in [5, 5.41) is 11.7. The number of nitrogens with one attached hydrogen (secondary N) is 1. The molecular formula is C19H18N2O3. The smallest absolute Gasteiger partial charge is 0.306 e. The Morgan fingerprint density at radius 3 is 2.17 bits per heavy atom. The number of Topliss-reactive ketones (excluding diaryl/α,β-unsaturated/α-hetero) is 1. The maximum atomic E-state index is 12.1. The summed E-state index contributed by atoms with van der Waals surface area (Å²) in [5.41, 5.74) is 3.19. The van der Waals surface area contributed by atoms with E-state index in [2.05, 4.69) is 16.1 Å². The van der Waals surface area contributed by atoms with Crippen LogP contribution in [0.25, 0.3) is 11.1 Å². The third-order valence-corrected chi connectivity index (χ3v) is 3.57. The molecule has 0 spiro atoms. The fourth-order valence-corrected chi connectivity index (χ4v) is 2.18. The van der Waals surface area contributed by atoms with E-state index in [9.17, 15) is 9.59 Å². The Balaban J connectivity index is 1.92. The van der Waals surface area contributed by atoms with Crippen LogP contribution in [0.2, 0.25) is 0 Å². The highest BCUT2D eigenvalue weighted by molar-refractivity contribution is 5.98. The van der Waals surface area contributed by atoms with Gasteiger partial charge >= 0.3 is 5.97 Å². The number of hydrogen-bond donors (Lipinski definition) is 1. The summed E-state index contributed by atoms with van der Waals surface area (Å²) in [5.74, 6) is -0.340. The molecule has 5 heteroatoms. The fraction of sp³-hybridized carbons (Fsp3) is 0.211. The molecule has 0 saturated carbocycles. The van der Waals surface area contributed by atoms with E-state index in [1.165, 1.54) is 7.11 Å². The Morgan fingerprint density at radius 1 is 1.04 bits per heavy atom. The van der Waals surface area contributed by atoms with Gasteiger partial charge in [-0.15, -0.1) is 0 Å². The molecule has 24 heavy (non-hydrogen) atoms. The molecule has 0 aromatic heterocycles. The van der Waals surface area contributed by atoms with Crippen molar-refractivity contribution in [1.82, 2.24) is 5.32 Å². The minimum atomic E-state index is -0.304. The molecule has 122 valence electrons. The van der Waals surface area contributed by atoms with Gasteiger partial charge in [0.15, 0.2) is 5.78 Å². The molecule has 0 aliphatic heterocycles. The van der Waals surface area contributed by atoms with E-state index in [0.717, 1.165) is 11.1 Å². The Bertz CT molecular complexity index is 744. The SMILES string of the molecule is COC(=O)CCNCC(=O)c1ccc(-c2ccc(C#N)cc2)cc1. The highest BCUT2D eigenvalue weighted by Crippen LogP contribution is 2.20. The Morgan fingerprint density at radius 2 is 1.62 bits per heavy atom. The van der Waals surface area contributed by atoms with Crippen LogP contribution in [0.1, 0.15) is 22.3 Å². The van der Waals surface area contributed by atoms with E-state index < -0.39 is 0 Å². The van der Waals surface area contributed by atoms with Crippen molar-refractivity contribution in [2.75, 3.05) is 20.2 Å². The van der Waals surface area contributed by atoms with Crippen molar-refractivity contribution in [3.05, 3.63) is 59.7 Å². The lowest BCUT2D eigenvalue weighted by atomic mass is 10.0. The van der Waals surface area contributed by atoms with Crippen molar-refractivity contribution in [1.29, 1.82) is 5.26 Å². The summed E-state index contributed by atoms with van der Waals surface area (Å²) < 4.78 is 4.53. The number of nitrogens with zero attached hydrogens (tertiary/aromatic N) is 1. The molecule has 0 fully saturated rings. The molecule has 0 aliphatic rings. The molecule has 1 N–H and O–H groups in total. The zero-order valence-electron chi connectivity index (χ0n) is 13.4. The highest BCUT2D eigenvalue weighted by Gasteiger charge is 2.07. The first-order valence-electron chi connectivity index (χ1n) is 7.55. The van der Waals surface area contributed by atoms with Crippen LogP contribution in [-0.2, 0) is 9.53 Å². The largest absolute Gasteiger partial charge is 0.469 e. The van der Waals surface area contributed by atoms with E-state index in [-0.39, 0.29) is 24.7 Å². The number of methoxy groups -OCH3 is 1. The van der Waals surface area contributed by atoms with Crippen LogP contribution >= 0.6 is 0 Å². The molecule has 0 unspecified atom stereocenters. The lowest BCUT2D eigenvalue weighted by molar-refractivity contribution is -0.140. The van der Waals surface area contributed by atoms with E-state index >= 15 is 0 Å². The Labute approximate surface area is 140 Å². The van der Waals surface area contributed by atoms with E-state index in [0.29, 0.717) is 17.7 Å². The van der Waals surface area contributed by atoms with Gasteiger partial charge in [-0.2, -0.15) is 5.26 Å². The molecular weight excluding hydrogens is 304 g/mol. The number of ketones is 1. The summed E-state index contributed by atoms with van der Waals surface area (Å²) in [6.07, 6.45) is 0.238. The van der Waals surface area contributed by atoms with Gasteiger partial charge in [0.1, 0.15) is 0 Å². The normalized spacial score (nSPS) is 10.0. The van der Waals surface area contributed by atoms with Gasteiger partial charge in [-0.05, 0) is 23.3 Å². The predicted molar refractivity (Wildman–Crippen MR) is 90.4 cm³/mol. The molecule has 0 heterocycles. The summed E-state index contributed by atoms with van der Waals surface area (Å²) in [7, 11) is 1.34. The van der Waals surface area contributed by atoms with Crippen molar-refractivity contribution < 1.29 is 14.3 Å². The quantitative estimate of drug-likeness (QED) is 0.481. The molecule has 2 aromatic rings. The van der Waals surface area contributed by atoms with Gasteiger partial charge in [0, 0.05) is 12.1 Å². The number of rotatable bonds is 7. The zero-order valence-corrected chi connectivity index (χ0v) is 13.4. The summed E-state index contributed by atoms with van der Waals surface area (Å²) in [4.78, 5) is 23.0. The lowest BCUT2D eigenvalue weighted by Gasteiger charge is -2.06.